The molecule has 0 aliphatic carbocycles. The quantitative estimate of drug-likeness (QED) is 0.515. The maximum Gasteiger partial charge on any atom is 0.355 e. The molecule has 0 atom stereocenters. The first kappa shape index (κ1) is 19.1. The molecule has 3 aromatic rings. The fourth-order valence-electron chi connectivity index (χ4n) is 3.22. The molecule has 0 unspecified atom stereocenters. The number of amides is 1. The summed E-state index contributed by atoms with van der Waals surface area (Å²) in [5.74, 6) is 0.0802. The van der Waals surface area contributed by atoms with Crippen molar-refractivity contribution in [2.45, 2.75) is 18.9 Å². The Kier molecular flexibility index (Phi) is 5.86. The molecule has 6 nitrogen and oxygen atoms in total. The van der Waals surface area contributed by atoms with Crippen LogP contribution < -0.4 is 15.0 Å². The second-order valence-corrected chi connectivity index (χ2v) is 7.82. The van der Waals surface area contributed by atoms with Crippen LogP contribution in [0.15, 0.2) is 66.9 Å². The average molecular weight is 407 g/mol. The predicted molar refractivity (Wildman–Crippen MR) is 113 cm³/mol. The highest BCUT2D eigenvalue weighted by Crippen LogP contribution is 2.26. The molecule has 1 aromatic heterocycles. The smallest absolute Gasteiger partial charge is 0.355 e. The van der Waals surface area contributed by atoms with Crippen LogP contribution in [0.25, 0.3) is 0 Å². The van der Waals surface area contributed by atoms with Crippen LogP contribution in [0.5, 0.6) is 5.75 Å². The number of piperidine rings is 1. The molecule has 0 saturated carbocycles. The lowest BCUT2D eigenvalue weighted by atomic mass is 10.0. The van der Waals surface area contributed by atoms with Crippen LogP contribution in [0.3, 0.4) is 0 Å². The van der Waals surface area contributed by atoms with Gasteiger partial charge in [0.05, 0.1) is 6.20 Å². The normalized spacial score (nSPS) is 14.4. The third kappa shape index (κ3) is 4.81. The van der Waals surface area contributed by atoms with Gasteiger partial charge in [-0.1, -0.05) is 47.7 Å². The summed E-state index contributed by atoms with van der Waals surface area (Å²) in [4.78, 5) is 31.6. The molecule has 1 fully saturated rings. The van der Waals surface area contributed by atoms with Crippen molar-refractivity contribution in [2.24, 2.45) is 0 Å². The number of aromatic nitrogens is 1. The van der Waals surface area contributed by atoms with E-state index >= 15 is 0 Å². The molecule has 0 radical (unpaired) electrons. The summed E-state index contributed by atoms with van der Waals surface area (Å²) in [7, 11) is 0. The Balaban J connectivity index is 1.30. The van der Waals surface area contributed by atoms with Crippen molar-refractivity contribution in [1.82, 2.24) is 10.3 Å². The molecule has 2 heterocycles. The number of nitrogens with one attached hydrogen (secondary N) is 1. The van der Waals surface area contributed by atoms with Gasteiger partial charge in [0, 0.05) is 24.7 Å². The van der Waals surface area contributed by atoms with Crippen LogP contribution in [0.4, 0.5) is 5.13 Å². The Hall–Kier alpha value is -3.19. The number of ether oxygens (including phenoxy) is 1. The van der Waals surface area contributed by atoms with E-state index in [2.05, 4.69) is 15.2 Å². The van der Waals surface area contributed by atoms with E-state index in [1.165, 1.54) is 11.3 Å². The molecule has 0 bridgehead atoms. The van der Waals surface area contributed by atoms with Crippen molar-refractivity contribution in [3.63, 3.8) is 0 Å². The Labute approximate surface area is 173 Å². The lowest BCUT2D eigenvalue weighted by Gasteiger charge is -2.32. The third-order valence-electron chi connectivity index (χ3n) is 4.79. The second kappa shape index (κ2) is 8.87. The summed E-state index contributed by atoms with van der Waals surface area (Å²) in [6.45, 7) is 1.56. The summed E-state index contributed by atoms with van der Waals surface area (Å²) < 4.78 is 5.37. The van der Waals surface area contributed by atoms with Gasteiger partial charge in [0.2, 0.25) is 0 Å². The van der Waals surface area contributed by atoms with Crippen LogP contribution in [0.2, 0.25) is 0 Å². The molecule has 0 spiro atoms. The standard InChI is InChI=1S/C22H21N3O3S/c26-20(16-7-3-1-4-8-16)24-17-11-13-25(14-12-17)22-23-15-19(29-22)21(27)28-18-9-5-2-6-10-18/h1-10,15,17H,11-14H2,(H,24,26). The molecule has 4 rings (SSSR count). The largest absolute Gasteiger partial charge is 0.422 e. The van der Waals surface area contributed by atoms with Crippen LogP contribution >= 0.6 is 11.3 Å². The highest BCUT2D eigenvalue weighted by molar-refractivity contribution is 7.17. The van der Waals surface area contributed by atoms with Gasteiger partial charge >= 0.3 is 5.97 Å². The molecule has 1 aliphatic rings. The highest BCUT2D eigenvalue weighted by atomic mass is 32.1. The van der Waals surface area contributed by atoms with Crippen molar-refractivity contribution >= 4 is 28.3 Å². The van der Waals surface area contributed by atoms with Crippen LogP contribution in [-0.4, -0.2) is 36.0 Å². The van der Waals surface area contributed by atoms with Crippen molar-refractivity contribution in [1.29, 1.82) is 0 Å². The average Bonchev–Trinajstić information content (AvgIpc) is 3.26. The van der Waals surface area contributed by atoms with Gasteiger partial charge in [0.1, 0.15) is 10.6 Å². The lowest BCUT2D eigenvalue weighted by Crippen LogP contribution is -2.44. The number of hydrogen-bond acceptors (Lipinski definition) is 6. The van der Waals surface area contributed by atoms with E-state index < -0.39 is 5.97 Å². The van der Waals surface area contributed by atoms with Crippen molar-refractivity contribution in [3.8, 4) is 5.75 Å². The maximum absolute atomic E-state index is 12.3. The Morgan fingerprint density at radius 2 is 1.66 bits per heavy atom. The van der Waals surface area contributed by atoms with Crippen molar-refractivity contribution in [3.05, 3.63) is 77.3 Å². The van der Waals surface area contributed by atoms with E-state index in [4.69, 9.17) is 4.74 Å². The summed E-state index contributed by atoms with van der Waals surface area (Å²) in [6.07, 6.45) is 3.23. The molecule has 1 amide bonds. The minimum atomic E-state index is -0.398. The minimum absolute atomic E-state index is 0.0377. The van der Waals surface area contributed by atoms with Gasteiger partial charge in [-0.25, -0.2) is 9.78 Å². The van der Waals surface area contributed by atoms with Gasteiger partial charge in [-0.05, 0) is 37.1 Å². The summed E-state index contributed by atoms with van der Waals surface area (Å²) >= 11 is 1.33. The first-order valence-electron chi connectivity index (χ1n) is 9.53. The van der Waals surface area contributed by atoms with E-state index in [1.54, 1.807) is 18.3 Å². The maximum atomic E-state index is 12.3. The van der Waals surface area contributed by atoms with E-state index in [0.29, 0.717) is 16.2 Å². The van der Waals surface area contributed by atoms with Crippen molar-refractivity contribution in [2.75, 3.05) is 18.0 Å². The molecule has 29 heavy (non-hydrogen) atoms. The van der Waals surface area contributed by atoms with Gasteiger partial charge in [-0.3, -0.25) is 4.79 Å². The molecule has 1 N–H and O–H groups in total. The molecule has 2 aromatic carbocycles. The lowest BCUT2D eigenvalue weighted by molar-refractivity contribution is 0.0739. The molecular formula is C22H21N3O3S. The highest BCUT2D eigenvalue weighted by Gasteiger charge is 2.24. The zero-order chi connectivity index (χ0) is 20.1. The SMILES string of the molecule is O=C(NC1CCN(c2ncc(C(=O)Oc3ccccc3)s2)CC1)c1ccccc1. The molecule has 148 valence electrons. The molecule has 1 aliphatic heterocycles. The van der Waals surface area contributed by atoms with Gasteiger partial charge in [-0.2, -0.15) is 0 Å². The number of carbonyl (C=O) groups excluding carboxylic acids is 2. The van der Waals surface area contributed by atoms with Crippen LogP contribution in [-0.2, 0) is 0 Å². The minimum Gasteiger partial charge on any atom is -0.422 e. The summed E-state index contributed by atoms with van der Waals surface area (Å²) in [5.41, 5.74) is 0.677. The third-order valence-corrected chi connectivity index (χ3v) is 5.82. The van der Waals surface area contributed by atoms with Gasteiger partial charge < -0.3 is 15.0 Å². The van der Waals surface area contributed by atoms with Gasteiger partial charge in [-0.15, -0.1) is 0 Å². The molecular weight excluding hydrogens is 386 g/mol. The monoisotopic (exact) mass is 407 g/mol. The first-order chi connectivity index (χ1) is 14.2. The number of benzene rings is 2. The number of carbonyl (C=O) groups is 2. The topological polar surface area (TPSA) is 71.5 Å². The number of hydrogen-bond donors (Lipinski definition) is 1. The Bertz CT molecular complexity index is 967. The van der Waals surface area contributed by atoms with E-state index in [9.17, 15) is 9.59 Å². The number of anilines is 1. The van der Waals surface area contributed by atoms with Crippen LogP contribution in [0.1, 0.15) is 32.9 Å². The number of nitrogens with zero attached hydrogens (tertiary/aromatic N) is 2. The summed E-state index contributed by atoms with van der Waals surface area (Å²) in [6, 6.07) is 18.4. The van der Waals surface area contributed by atoms with E-state index in [0.717, 1.165) is 31.1 Å². The molecule has 1 saturated heterocycles. The van der Waals surface area contributed by atoms with Crippen LogP contribution in [0, 0.1) is 0 Å². The van der Waals surface area contributed by atoms with E-state index in [1.807, 2.05) is 48.5 Å². The predicted octanol–water partition coefficient (Wildman–Crippen LogP) is 3.76. The Morgan fingerprint density at radius 3 is 2.34 bits per heavy atom. The fraction of sp³-hybridized carbons (Fsp3) is 0.227. The van der Waals surface area contributed by atoms with Crippen molar-refractivity contribution < 1.29 is 14.3 Å². The zero-order valence-corrected chi connectivity index (χ0v) is 16.6. The summed E-state index contributed by atoms with van der Waals surface area (Å²) in [5, 5.41) is 3.90. The van der Waals surface area contributed by atoms with Gasteiger partial charge in [0.15, 0.2) is 5.13 Å². The number of rotatable bonds is 5. The number of para-hydroxylation sites is 1. The Morgan fingerprint density at radius 1 is 1.00 bits per heavy atom. The van der Waals surface area contributed by atoms with Gasteiger partial charge in [0.25, 0.3) is 5.91 Å². The number of thiazole rings is 1. The first-order valence-corrected chi connectivity index (χ1v) is 10.3. The van der Waals surface area contributed by atoms with E-state index in [-0.39, 0.29) is 11.9 Å². The molecule has 7 heteroatoms. The fourth-order valence-corrected chi connectivity index (χ4v) is 4.07. The number of esters is 1. The second-order valence-electron chi connectivity index (χ2n) is 6.81. The zero-order valence-electron chi connectivity index (χ0n) is 15.8.